The van der Waals surface area contributed by atoms with E-state index in [1.165, 1.54) is 61.3 Å². The van der Waals surface area contributed by atoms with Crippen LogP contribution in [0.4, 0.5) is 0 Å². The van der Waals surface area contributed by atoms with Crippen LogP contribution in [0.3, 0.4) is 0 Å². The van der Waals surface area contributed by atoms with E-state index in [1.807, 2.05) is 11.3 Å². The minimum absolute atomic E-state index is 0.581. The van der Waals surface area contributed by atoms with Crippen molar-refractivity contribution < 1.29 is 0 Å². The molecule has 4 rings (SSSR count). The average Bonchev–Trinajstić information content (AvgIpc) is 3.30. The lowest BCUT2D eigenvalue weighted by atomic mass is 10.0. The van der Waals surface area contributed by atoms with Gasteiger partial charge in [-0.25, -0.2) is 4.98 Å². The van der Waals surface area contributed by atoms with Crippen molar-refractivity contribution in [3.63, 3.8) is 0 Å². The Bertz CT molecular complexity index is 601. The van der Waals surface area contributed by atoms with E-state index in [2.05, 4.69) is 40.6 Å². The molecule has 0 spiro atoms. The van der Waals surface area contributed by atoms with Gasteiger partial charge in [0.1, 0.15) is 0 Å². The van der Waals surface area contributed by atoms with Gasteiger partial charge in [-0.2, -0.15) is 0 Å². The Balaban J connectivity index is 1.46. The Labute approximate surface area is 137 Å². The smallest absolute Gasteiger partial charge is 0.0959 e. The summed E-state index contributed by atoms with van der Waals surface area (Å²) in [4.78, 5) is 7.57. The maximum absolute atomic E-state index is 4.96. The summed E-state index contributed by atoms with van der Waals surface area (Å²) in [6, 6.07) is 11.6. The number of hydrogen-bond donors (Lipinski definition) is 0. The molecule has 2 nitrogen and oxygen atoms in total. The number of hydrogen-bond acceptors (Lipinski definition) is 3. The van der Waals surface area contributed by atoms with Crippen LogP contribution >= 0.6 is 11.3 Å². The molecule has 1 unspecified atom stereocenters. The van der Waals surface area contributed by atoms with Crippen LogP contribution in [0.1, 0.15) is 66.7 Å². The molecule has 2 aliphatic rings. The van der Waals surface area contributed by atoms with E-state index in [1.54, 1.807) is 0 Å². The normalized spacial score (nSPS) is 23.4. The van der Waals surface area contributed by atoms with Gasteiger partial charge in [0.05, 0.1) is 10.7 Å². The van der Waals surface area contributed by atoms with Crippen LogP contribution in [-0.2, 0) is 6.54 Å². The number of nitrogens with zero attached hydrogens (tertiary/aromatic N) is 2. The van der Waals surface area contributed by atoms with Gasteiger partial charge in [0.2, 0.25) is 0 Å². The third-order valence-corrected chi connectivity index (χ3v) is 6.24. The molecule has 3 heteroatoms. The largest absolute Gasteiger partial charge is 0.290 e. The van der Waals surface area contributed by atoms with Crippen LogP contribution < -0.4 is 0 Å². The highest BCUT2D eigenvalue weighted by Crippen LogP contribution is 2.37. The molecule has 1 aromatic heterocycles. The van der Waals surface area contributed by atoms with E-state index in [9.17, 15) is 0 Å². The van der Waals surface area contributed by atoms with Crippen molar-refractivity contribution in [1.82, 2.24) is 9.88 Å². The standard InChI is InChI=1S/C19H24N2S/c1-2-7-15(8-3-1)18-11-6-12-21(18)13-17-14-22-19(20-17)16-9-4-5-10-16/h1-3,7-8,14,16,18H,4-6,9-13H2. The molecular formula is C19H24N2S. The SMILES string of the molecule is c1ccc(C2CCCN2Cc2csc(C3CCCC3)n2)cc1. The summed E-state index contributed by atoms with van der Waals surface area (Å²) < 4.78 is 0. The Morgan fingerprint density at radius 3 is 2.68 bits per heavy atom. The van der Waals surface area contributed by atoms with Crippen LogP contribution in [0, 0.1) is 0 Å². The lowest BCUT2D eigenvalue weighted by Gasteiger charge is -2.24. The van der Waals surface area contributed by atoms with Crippen molar-refractivity contribution in [3.8, 4) is 0 Å². The molecule has 1 saturated heterocycles. The second-order valence-corrected chi connectivity index (χ2v) is 7.59. The van der Waals surface area contributed by atoms with Gasteiger partial charge in [-0.1, -0.05) is 43.2 Å². The first-order chi connectivity index (χ1) is 10.9. The lowest BCUT2D eigenvalue weighted by Crippen LogP contribution is -2.22. The molecule has 0 N–H and O–H groups in total. The first-order valence-corrected chi connectivity index (χ1v) is 9.51. The van der Waals surface area contributed by atoms with Gasteiger partial charge in [-0.3, -0.25) is 4.90 Å². The molecule has 0 bridgehead atoms. The first kappa shape index (κ1) is 14.4. The summed E-state index contributed by atoms with van der Waals surface area (Å²) >= 11 is 1.89. The third-order valence-electron chi connectivity index (χ3n) is 5.19. The predicted octanol–water partition coefficient (Wildman–Crippen LogP) is 5.14. The molecule has 2 fully saturated rings. The van der Waals surface area contributed by atoms with Gasteiger partial charge in [0.15, 0.2) is 0 Å². The summed E-state index contributed by atoms with van der Waals surface area (Å²) in [6.45, 7) is 2.22. The summed E-state index contributed by atoms with van der Waals surface area (Å²) in [5.74, 6) is 0.752. The lowest BCUT2D eigenvalue weighted by molar-refractivity contribution is 0.246. The Hall–Kier alpha value is -1.19. The molecule has 1 atom stereocenters. The molecule has 0 radical (unpaired) electrons. The minimum Gasteiger partial charge on any atom is -0.290 e. The zero-order chi connectivity index (χ0) is 14.8. The van der Waals surface area contributed by atoms with Gasteiger partial charge < -0.3 is 0 Å². The molecule has 1 aliphatic carbocycles. The fraction of sp³-hybridized carbons (Fsp3) is 0.526. The van der Waals surface area contributed by atoms with E-state index >= 15 is 0 Å². The fourth-order valence-corrected chi connectivity index (χ4v) is 5.01. The van der Waals surface area contributed by atoms with Gasteiger partial charge in [0, 0.05) is 23.9 Å². The quantitative estimate of drug-likeness (QED) is 0.777. The number of aromatic nitrogens is 1. The topological polar surface area (TPSA) is 16.1 Å². The second kappa shape index (κ2) is 6.51. The molecule has 1 aliphatic heterocycles. The van der Waals surface area contributed by atoms with Crippen molar-refractivity contribution in [2.45, 2.75) is 57.0 Å². The van der Waals surface area contributed by atoms with Crippen molar-refractivity contribution in [2.75, 3.05) is 6.54 Å². The van der Waals surface area contributed by atoms with Crippen LogP contribution in [0.5, 0.6) is 0 Å². The highest BCUT2D eigenvalue weighted by molar-refractivity contribution is 7.09. The van der Waals surface area contributed by atoms with Crippen LogP contribution in [0.2, 0.25) is 0 Å². The maximum Gasteiger partial charge on any atom is 0.0959 e. The highest BCUT2D eigenvalue weighted by Gasteiger charge is 2.27. The first-order valence-electron chi connectivity index (χ1n) is 8.63. The zero-order valence-electron chi connectivity index (χ0n) is 13.1. The van der Waals surface area contributed by atoms with Crippen molar-refractivity contribution in [3.05, 3.63) is 52.0 Å². The molecule has 2 aromatic rings. The molecule has 1 aromatic carbocycles. The molecule has 1 saturated carbocycles. The molecule has 22 heavy (non-hydrogen) atoms. The average molecular weight is 312 g/mol. The summed E-state index contributed by atoms with van der Waals surface area (Å²) in [7, 11) is 0. The van der Waals surface area contributed by atoms with Gasteiger partial charge in [0.25, 0.3) is 0 Å². The van der Waals surface area contributed by atoms with Crippen molar-refractivity contribution in [2.24, 2.45) is 0 Å². The number of likely N-dealkylation sites (tertiary alicyclic amines) is 1. The van der Waals surface area contributed by atoms with Gasteiger partial charge in [-0.05, 0) is 37.8 Å². The monoisotopic (exact) mass is 312 g/mol. The van der Waals surface area contributed by atoms with Crippen molar-refractivity contribution in [1.29, 1.82) is 0 Å². The van der Waals surface area contributed by atoms with E-state index < -0.39 is 0 Å². The van der Waals surface area contributed by atoms with E-state index in [0.717, 1.165) is 12.5 Å². The van der Waals surface area contributed by atoms with E-state index in [-0.39, 0.29) is 0 Å². The summed E-state index contributed by atoms with van der Waals surface area (Å²) in [5, 5.41) is 3.69. The highest BCUT2D eigenvalue weighted by atomic mass is 32.1. The van der Waals surface area contributed by atoms with E-state index in [0.29, 0.717) is 6.04 Å². The molecule has 0 amide bonds. The van der Waals surface area contributed by atoms with Crippen LogP contribution in [-0.4, -0.2) is 16.4 Å². The van der Waals surface area contributed by atoms with Crippen molar-refractivity contribution >= 4 is 11.3 Å². The minimum atomic E-state index is 0.581. The van der Waals surface area contributed by atoms with Gasteiger partial charge in [-0.15, -0.1) is 11.3 Å². The number of benzene rings is 1. The molecular weight excluding hydrogens is 288 g/mol. The third kappa shape index (κ3) is 2.97. The molecule has 2 heterocycles. The number of rotatable bonds is 4. The Kier molecular flexibility index (Phi) is 4.26. The Morgan fingerprint density at radius 1 is 1.05 bits per heavy atom. The van der Waals surface area contributed by atoms with Crippen LogP contribution in [0.15, 0.2) is 35.7 Å². The summed E-state index contributed by atoms with van der Waals surface area (Å²) in [6.07, 6.45) is 8.07. The summed E-state index contributed by atoms with van der Waals surface area (Å²) in [5.41, 5.74) is 2.75. The molecule has 116 valence electrons. The van der Waals surface area contributed by atoms with E-state index in [4.69, 9.17) is 4.98 Å². The Morgan fingerprint density at radius 2 is 1.86 bits per heavy atom. The fourth-order valence-electron chi connectivity index (χ4n) is 4.03. The zero-order valence-corrected chi connectivity index (χ0v) is 13.9. The predicted molar refractivity (Wildman–Crippen MR) is 92.2 cm³/mol. The van der Waals surface area contributed by atoms with Gasteiger partial charge >= 0.3 is 0 Å². The second-order valence-electron chi connectivity index (χ2n) is 6.70. The number of thiazole rings is 1. The van der Waals surface area contributed by atoms with Crippen LogP contribution in [0.25, 0.3) is 0 Å². The maximum atomic E-state index is 4.96.